The number of carbonyl (C=O) groups is 4. The number of anilines is 2. The molecule has 2 aromatic carbocycles. The van der Waals surface area contributed by atoms with Gasteiger partial charge in [-0.2, -0.15) is 0 Å². The van der Waals surface area contributed by atoms with Gasteiger partial charge in [-0.05, 0) is 61.4 Å². The lowest BCUT2D eigenvalue weighted by molar-refractivity contribution is -0.121. The monoisotopic (exact) mass is 520 g/mol. The van der Waals surface area contributed by atoms with Crippen molar-refractivity contribution in [3.05, 3.63) is 71.8 Å². The number of hydrogen-bond acceptors (Lipinski definition) is 8. The number of amides is 4. The predicted molar refractivity (Wildman–Crippen MR) is 138 cm³/mol. The van der Waals surface area contributed by atoms with Crippen LogP contribution in [0.4, 0.5) is 11.4 Å². The fraction of sp³-hybridized carbons (Fsp3) is 0.286. The van der Waals surface area contributed by atoms with E-state index in [9.17, 15) is 19.2 Å². The highest BCUT2D eigenvalue weighted by Gasteiger charge is 2.26. The van der Waals surface area contributed by atoms with E-state index < -0.39 is 0 Å². The van der Waals surface area contributed by atoms with Gasteiger partial charge in [0.1, 0.15) is 24.7 Å². The molecule has 2 aliphatic heterocycles. The summed E-state index contributed by atoms with van der Waals surface area (Å²) in [6.07, 6.45) is 5.00. The third-order valence-electron chi connectivity index (χ3n) is 5.79. The van der Waals surface area contributed by atoms with Crippen molar-refractivity contribution in [2.24, 2.45) is 0 Å². The van der Waals surface area contributed by atoms with Crippen molar-refractivity contribution >= 4 is 35.0 Å². The Morgan fingerprint density at radius 2 is 0.868 bits per heavy atom. The average Bonchev–Trinajstić information content (AvgIpc) is 3.41. The summed E-state index contributed by atoms with van der Waals surface area (Å²) >= 11 is 0. The van der Waals surface area contributed by atoms with E-state index in [2.05, 4.69) is 0 Å². The molecule has 2 aromatic rings. The molecule has 0 spiro atoms. The standard InChI is InChI=1S/C28H28N2O8/c1-19-17-21(29-25(31)7-8-26(29)32)3-5-23(19)37-15-13-35-11-12-36-14-16-38-24-6-4-22(18-20(24)2)30-27(33)9-10-28(30)34/h3-10,17-18H,11-16H2,1-2H3. The summed E-state index contributed by atoms with van der Waals surface area (Å²) in [6.45, 7) is 5.90. The number of carbonyl (C=O) groups excluding carboxylic acids is 4. The van der Waals surface area contributed by atoms with Gasteiger partial charge in [-0.25, -0.2) is 9.80 Å². The first-order valence-electron chi connectivity index (χ1n) is 12.1. The molecule has 0 N–H and O–H groups in total. The van der Waals surface area contributed by atoms with Crippen LogP contribution in [0.2, 0.25) is 0 Å². The lowest BCUT2D eigenvalue weighted by Crippen LogP contribution is -2.29. The molecule has 4 amide bonds. The molecule has 0 unspecified atom stereocenters. The Bertz CT molecular complexity index is 1160. The highest BCUT2D eigenvalue weighted by Crippen LogP contribution is 2.27. The Balaban J connectivity index is 1.07. The molecule has 2 aliphatic rings. The molecule has 0 aliphatic carbocycles. The van der Waals surface area contributed by atoms with Crippen LogP contribution in [0.3, 0.4) is 0 Å². The van der Waals surface area contributed by atoms with E-state index in [4.69, 9.17) is 18.9 Å². The molecule has 0 bridgehead atoms. The molecule has 0 saturated carbocycles. The zero-order valence-electron chi connectivity index (χ0n) is 21.2. The molecular weight excluding hydrogens is 492 g/mol. The molecule has 10 nitrogen and oxygen atoms in total. The molecule has 198 valence electrons. The van der Waals surface area contributed by atoms with Gasteiger partial charge in [-0.3, -0.25) is 19.2 Å². The van der Waals surface area contributed by atoms with Gasteiger partial charge in [0.15, 0.2) is 0 Å². The van der Waals surface area contributed by atoms with Gasteiger partial charge in [-0.15, -0.1) is 0 Å². The van der Waals surface area contributed by atoms with Gasteiger partial charge in [0.2, 0.25) is 0 Å². The molecular formula is C28H28N2O8. The smallest absolute Gasteiger partial charge is 0.258 e. The summed E-state index contributed by atoms with van der Waals surface area (Å²) < 4.78 is 22.5. The zero-order valence-corrected chi connectivity index (χ0v) is 21.2. The van der Waals surface area contributed by atoms with E-state index in [0.717, 1.165) is 20.9 Å². The summed E-state index contributed by atoms with van der Waals surface area (Å²) in [4.78, 5) is 49.5. The van der Waals surface area contributed by atoms with Crippen LogP contribution in [-0.4, -0.2) is 63.3 Å². The van der Waals surface area contributed by atoms with E-state index in [1.807, 2.05) is 13.8 Å². The van der Waals surface area contributed by atoms with E-state index in [1.165, 1.54) is 24.3 Å². The van der Waals surface area contributed by atoms with Crippen LogP contribution in [0.15, 0.2) is 60.7 Å². The summed E-state index contributed by atoms with van der Waals surface area (Å²) in [5.41, 5.74) is 2.62. The van der Waals surface area contributed by atoms with E-state index in [0.29, 0.717) is 62.5 Å². The minimum Gasteiger partial charge on any atom is -0.491 e. The van der Waals surface area contributed by atoms with Crippen molar-refractivity contribution < 1.29 is 38.1 Å². The van der Waals surface area contributed by atoms with E-state index in [-0.39, 0.29) is 23.6 Å². The lowest BCUT2D eigenvalue weighted by atomic mass is 10.2. The molecule has 0 atom stereocenters. The Hall–Kier alpha value is -4.28. The third kappa shape index (κ3) is 6.34. The van der Waals surface area contributed by atoms with E-state index >= 15 is 0 Å². The number of nitrogens with zero attached hydrogens (tertiary/aromatic N) is 2. The molecule has 0 saturated heterocycles. The Kier molecular flexibility index (Phi) is 8.67. The van der Waals surface area contributed by atoms with Gasteiger partial charge >= 0.3 is 0 Å². The fourth-order valence-electron chi connectivity index (χ4n) is 3.92. The number of aryl methyl sites for hydroxylation is 2. The molecule has 0 fully saturated rings. The molecule has 10 heteroatoms. The Morgan fingerprint density at radius 1 is 0.526 bits per heavy atom. The summed E-state index contributed by atoms with van der Waals surface area (Å²) in [7, 11) is 0. The number of hydrogen-bond donors (Lipinski definition) is 0. The van der Waals surface area contributed by atoms with Crippen molar-refractivity contribution in [2.75, 3.05) is 49.4 Å². The number of ether oxygens (including phenoxy) is 4. The predicted octanol–water partition coefficient (Wildman–Crippen LogP) is 2.65. The fourth-order valence-corrected chi connectivity index (χ4v) is 3.92. The van der Waals surface area contributed by atoms with Gasteiger partial charge < -0.3 is 18.9 Å². The molecule has 2 heterocycles. The summed E-state index contributed by atoms with van der Waals surface area (Å²) in [5, 5.41) is 0. The minimum absolute atomic E-state index is 0.340. The van der Waals surface area contributed by atoms with Crippen molar-refractivity contribution in [3.8, 4) is 11.5 Å². The highest BCUT2D eigenvalue weighted by atomic mass is 16.6. The zero-order chi connectivity index (χ0) is 27.1. The van der Waals surface area contributed by atoms with Gasteiger partial charge in [0.05, 0.1) is 37.8 Å². The maximum absolute atomic E-state index is 11.8. The van der Waals surface area contributed by atoms with Gasteiger partial charge in [-0.1, -0.05) is 0 Å². The first-order valence-corrected chi connectivity index (χ1v) is 12.1. The van der Waals surface area contributed by atoms with Gasteiger partial charge in [0.25, 0.3) is 23.6 Å². The van der Waals surface area contributed by atoms with Crippen molar-refractivity contribution in [1.82, 2.24) is 0 Å². The minimum atomic E-state index is -0.359. The molecule has 4 rings (SSSR count). The van der Waals surface area contributed by atoms with E-state index in [1.54, 1.807) is 36.4 Å². The first kappa shape index (κ1) is 26.8. The SMILES string of the molecule is Cc1cc(N2C(=O)C=CC2=O)ccc1OCCOCCOCCOc1ccc(N2C(=O)C=CC2=O)cc1C. The van der Waals surface area contributed by atoms with Crippen LogP contribution in [0, 0.1) is 13.8 Å². The largest absolute Gasteiger partial charge is 0.491 e. The van der Waals surface area contributed by atoms with Crippen LogP contribution >= 0.6 is 0 Å². The topological polar surface area (TPSA) is 112 Å². The van der Waals surface area contributed by atoms with Crippen LogP contribution < -0.4 is 19.3 Å². The highest BCUT2D eigenvalue weighted by molar-refractivity contribution is 6.28. The van der Waals surface area contributed by atoms with Crippen molar-refractivity contribution in [1.29, 1.82) is 0 Å². The first-order chi connectivity index (χ1) is 18.3. The summed E-state index contributed by atoms with van der Waals surface area (Å²) in [6, 6.07) is 10.3. The molecule has 38 heavy (non-hydrogen) atoms. The second-order valence-electron chi connectivity index (χ2n) is 8.51. The van der Waals surface area contributed by atoms with Crippen LogP contribution in [0.25, 0.3) is 0 Å². The van der Waals surface area contributed by atoms with Crippen LogP contribution in [-0.2, 0) is 28.7 Å². The van der Waals surface area contributed by atoms with Crippen molar-refractivity contribution in [2.45, 2.75) is 13.8 Å². The number of benzene rings is 2. The number of rotatable bonds is 13. The maximum Gasteiger partial charge on any atom is 0.258 e. The Morgan fingerprint density at radius 3 is 1.21 bits per heavy atom. The number of imide groups is 2. The second kappa shape index (κ2) is 12.3. The molecule has 0 aromatic heterocycles. The lowest BCUT2D eigenvalue weighted by Gasteiger charge is -2.16. The second-order valence-corrected chi connectivity index (χ2v) is 8.51. The molecule has 0 radical (unpaired) electrons. The van der Waals surface area contributed by atoms with Crippen molar-refractivity contribution in [3.63, 3.8) is 0 Å². The summed E-state index contributed by atoms with van der Waals surface area (Å²) in [5.74, 6) is -0.137. The Labute approximate surface area is 220 Å². The maximum atomic E-state index is 11.8. The third-order valence-corrected chi connectivity index (χ3v) is 5.79. The normalized spacial score (nSPS) is 14.8. The van der Waals surface area contributed by atoms with Crippen LogP contribution in [0.1, 0.15) is 11.1 Å². The van der Waals surface area contributed by atoms with Gasteiger partial charge in [0, 0.05) is 24.3 Å². The quantitative estimate of drug-likeness (QED) is 0.293. The van der Waals surface area contributed by atoms with Crippen LogP contribution in [0.5, 0.6) is 11.5 Å². The average molecular weight is 521 g/mol.